The molecule has 7 heteroatoms. The van der Waals surface area contributed by atoms with E-state index in [4.69, 9.17) is 4.74 Å². The van der Waals surface area contributed by atoms with Crippen molar-refractivity contribution in [3.05, 3.63) is 0 Å². The first-order chi connectivity index (χ1) is 11.8. The summed E-state index contributed by atoms with van der Waals surface area (Å²) in [5, 5.41) is 9.60. The highest BCUT2D eigenvalue weighted by molar-refractivity contribution is 5.85. The number of hydrogen-bond donors (Lipinski definition) is 3. The minimum Gasteiger partial charge on any atom is -0.379 e. The lowest BCUT2D eigenvalue weighted by molar-refractivity contribution is -0.120. The van der Waals surface area contributed by atoms with E-state index in [1.165, 1.54) is 19.3 Å². The van der Waals surface area contributed by atoms with Crippen molar-refractivity contribution in [3.8, 4) is 0 Å². The molecule has 1 aliphatic heterocycles. The first kappa shape index (κ1) is 19.0. The highest BCUT2D eigenvalue weighted by atomic mass is 16.5. The molecule has 0 spiro atoms. The zero-order chi connectivity index (χ0) is 17.0. The number of aliphatic imine (C=N–C) groups is 1. The van der Waals surface area contributed by atoms with Crippen molar-refractivity contribution < 1.29 is 9.53 Å². The summed E-state index contributed by atoms with van der Waals surface area (Å²) in [5.74, 6) is 0.733. The molecule has 1 saturated heterocycles. The molecular weight excluding hydrogens is 306 g/mol. The van der Waals surface area contributed by atoms with Crippen LogP contribution >= 0.6 is 0 Å². The third kappa shape index (κ3) is 7.49. The van der Waals surface area contributed by atoms with Crippen LogP contribution in [0.4, 0.5) is 0 Å². The first-order valence-electron chi connectivity index (χ1n) is 9.39. The van der Waals surface area contributed by atoms with E-state index in [0.29, 0.717) is 12.0 Å². The van der Waals surface area contributed by atoms with Gasteiger partial charge in [0.05, 0.1) is 13.2 Å². The zero-order valence-electron chi connectivity index (χ0n) is 15.0. The van der Waals surface area contributed by atoms with Gasteiger partial charge in [0, 0.05) is 38.8 Å². The molecule has 7 nitrogen and oxygen atoms in total. The van der Waals surface area contributed by atoms with Gasteiger partial charge in [-0.05, 0) is 19.8 Å². The average Bonchev–Trinajstić information content (AvgIpc) is 2.61. The van der Waals surface area contributed by atoms with Crippen molar-refractivity contribution >= 4 is 11.9 Å². The number of nitrogens with one attached hydrogen (secondary N) is 3. The highest BCUT2D eigenvalue weighted by Crippen LogP contribution is 2.17. The Hall–Kier alpha value is -1.34. The van der Waals surface area contributed by atoms with Crippen LogP contribution in [0.2, 0.25) is 0 Å². The Morgan fingerprint density at radius 1 is 1.17 bits per heavy atom. The van der Waals surface area contributed by atoms with Crippen molar-refractivity contribution in [2.24, 2.45) is 4.99 Å². The molecule has 0 bridgehead atoms. The van der Waals surface area contributed by atoms with Gasteiger partial charge in [0.1, 0.15) is 6.54 Å². The van der Waals surface area contributed by atoms with Gasteiger partial charge in [-0.25, -0.2) is 4.99 Å². The Bertz CT molecular complexity index is 390. The molecule has 0 aromatic carbocycles. The minimum atomic E-state index is 0.0206. The molecule has 1 amide bonds. The van der Waals surface area contributed by atoms with Gasteiger partial charge in [-0.3, -0.25) is 9.69 Å². The minimum absolute atomic E-state index is 0.0206. The number of amides is 1. The first-order valence-corrected chi connectivity index (χ1v) is 9.39. The molecule has 0 unspecified atom stereocenters. The van der Waals surface area contributed by atoms with Gasteiger partial charge in [0.25, 0.3) is 0 Å². The lowest BCUT2D eigenvalue weighted by atomic mass is 9.95. The third-order valence-electron chi connectivity index (χ3n) is 4.52. The molecule has 138 valence electrons. The number of carbonyl (C=O) groups excluding carboxylic acids is 1. The Morgan fingerprint density at radius 3 is 2.62 bits per heavy atom. The maximum absolute atomic E-state index is 12.0. The van der Waals surface area contributed by atoms with Gasteiger partial charge >= 0.3 is 0 Å². The second-order valence-corrected chi connectivity index (χ2v) is 6.48. The fourth-order valence-electron chi connectivity index (χ4n) is 3.17. The number of nitrogens with zero attached hydrogens (tertiary/aromatic N) is 2. The van der Waals surface area contributed by atoms with Crippen LogP contribution in [0.5, 0.6) is 0 Å². The average molecular weight is 339 g/mol. The quantitative estimate of drug-likeness (QED) is 0.460. The summed E-state index contributed by atoms with van der Waals surface area (Å²) in [6.07, 6.45) is 5.95. The largest absolute Gasteiger partial charge is 0.379 e. The molecule has 2 aliphatic rings. The number of rotatable bonds is 7. The molecule has 24 heavy (non-hydrogen) atoms. The summed E-state index contributed by atoms with van der Waals surface area (Å²) < 4.78 is 5.35. The number of guanidine groups is 1. The van der Waals surface area contributed by atoms with E-state index in [0.717, 1.165) is 58.8 Å². The van der Waals surface area contributed by atoms with Crippen LogP contribution in [0.3, 0.4) is 0 Å². The van der Waals surface area contributed by atoms with Crippen LogP contribution < -0.4 is 16.0 Å². The number of carbonyl (C=O) groups is 1. The van der Waals surface area contributed by atoms with E-state index in [9.17, 15) is 4.79 Å². The summed E-state index contributed by atoms with van der Waals surface area (Å²) in [6.45, 7) is 8.37. The SMILES string of the molecule is CCNC(=NCC(=O)NC1CCCCC1)NCCN1CCOCC1. The van der Waals surface area contributed by atoms with Crippen molar-refractivity contribution in [1.29, 1.82) is 0 Å². The Kier molecular flexibility index (Phi) is 8.91. The highest BCUT2D eigenvalue weighted by Gasteiger charge is 2.15. The fourth-order valence-corrected chi connectivity index (χ4v) is 3.17. The summed E-state index contributed by atoms with van der Waals surface area (Å²) in [6, 6.07) is 0.346. The summed E-state index contributed by atoms with van der Waals surface area (Å²) in [4.78, 5) is 18.8. The predicted molar refractivity (Wildman–Crippen MR) is 96.3 cm³/mol. The second-order valence-electron chi connectivity index (χ2n) is 6.48. The van der Waals surface area contributed by atoms with Gasteiger partial charge in [0.2, 0.25) is 5.91 Å². The third-order valence-corrected chi connectivity index (χ3v) is 4.52. The molecule has 0 aromatic heterocycles. The summed E-state index contributed by atoms with van der Waals surface area (Å²) >= 11 is 0. The fraction of sp³-hybridized carbons (Fsp3) is 0.882. The van der Waals surface area contributed by atoms with E-state index in [2.05, 4.69) is 25.8 Å². The molecular formula is C17H33N5O2. The van der Waals surface area contributed by atoms with Crippen molar-refractivity contribution in [1.82, 2.24) is 20.9 Å². The molecule has 3 N–H and O–H groups in total. The topological polar surface area (TPSA) is 78.0 Å². The van der Waals surface area contributed by atoms with E-state index in [1.807, 2.05) is 6.92 Å². The van der Waals surface area contributed by atoms with Crippen molar-refractivity contribution in [2.45, 2.75) is 45.1 Å². The lowest BCUT2D eigenvalue weighted by Gasteiger charge is -2.26. The van der Waals surface area contributed by atoms with Gasteiger partial charge in [-0.2, -0.15) is 0 Å². The normalized spacial score (nSPS) is 20.6. The van der Waals surface area contributed by atoms with Crippen LogP contribution in [-0.2, 0) is 9.53 Å². The Balaban J connectivity index is 1.67. The maximum atomic E-state index is 12.0. The van der Waals surface area contributed by atoms with Crippen LogP contribution in [0, 0.1) is 0 Å². The van der Waals surface area contributed by atoms with Gasteiger partial charge in [-0.15, -0.1) is 0 Å². The van der Waals surface area contributed by atoms with Crippen molar-refractivity contribution in [3.63, 3.8) is 0 Å². The Labute approximate surface area is 145 Å². The van der Waals surface area contributed by atoms with E-state index in [-0.39, 0.29) is 12.5 Å². The maximum Gasteiger partial charge on any atom is 0.242 e. The molecule has 2 rings (SSSR count). The molecule has 1 heterocycles. The molecule has 1 aliphatic carbocycles. The Morgan fingerprint density at radius 2 is 1.92 bits per heavy atom. The molecule has 2 fully saturated rings. The standard InChI is InChI=1S/C17H33N5O2/c1-2-18-17(19-8-9-22-10-12-24-13-11-22)20-14-16(23)21-15-6-4-3-5-7-15/h15H,2-14H2,1H3,(H,21,23)(H2,18,19,20). The predicted octanol–water partition coefficient (Wildman–Crippen LogP) is 0.323. The number of morpholine rings is 1. The number of ether oxygens (including phenoxy) is 1. The van der Waals surface area contributed by atoms with Crippen LogP contribution in [0.15, 0.2) is 4.99 Å². The van der Waals surface area contributed by atoms with Crippen molar-refractivity contribution in [2.75, 3.05) is 52.5 Å². The van der Waals surface area contributed by atoms with E-state index >= 15 is 0 Å². The monoisotopic (exact) mass is 339 g/mol. The van der Waals surface area contributed by atoms with Crippen LogP contribution in [0.1, 0.15) is 39.0 Å². The smallest absolute Gasteiger partial charge is 0.242 e. The van der Waals surface area contributed by atoms with Gasteiger partial charge < -0.3 is 20.7 Å². The van der Waals surface area contributed by atoms with Gasteiger partial charge in [-0.1, -0.05) is 19.3 Å². The summed E-state index contributed by atoms with van der Waals surface area (Å²) in [5.41, 5.74) is 0. The molecule has 0 atom stereocenters. The molecule has 1 saturated carbocycles. The van der Waals surface area contributed by atoms with Crippen LogP contribution in [0.25, 0.3) is 0 Å². The molecule has 0 radical (unpaired) electrons. The summed E-state index contributed by atoms with van der Waals surface area (Å²) in [7, 11) is 0. The number of hydrogen-bond acceptors (Lipinski definition) is 4. The zero-order valence-corrected chi connectivity index (χ0v) is 15.0. The van der Waals surface area contributed by atoms with E-state index < -0.39 is 0 Å². The van der Waals surface area contributed by atoms with E-state index in [1.54, 1.807) is 0 Å². The van der Waals surface area contributed by atoms with Crippen LogP contribution in [-0.4, -0.2) is 75.3 Å². The molecule has 0 aromatic rings. The lowest BCUT2D eigenvalue weighted by Crippen LogP contribution is -2.45. The van der Waals surface area contributed by atoms with Gasteiger partial charge in [0.15, 0.2) is 5.96 Å². The second kappa shape index (κ2) is 11.3.